The molecule has 1 aliphatic rings. The molecular weight excluding hydrogens is 264 g/mol. The van der Waals surface area contributed by atoms with Gasteiger partial charge in [-0.1, -0.05) is 18.6 Å². The second-order valence-electron chi connectivity index (χ2n) is 4.70. The maximum atomic E-state index is 5.85. The van der Waals surface area contributed by atoms with E-state index in [0.717, 1.165) is 13.1 Å². The first-order chi connectivity index (χ1) is 8.33. The van der Waals surface area contributed by atoms with Crippen molar-refractivity contribution in [2.45, 2.75) is 36.7 Å². The van der Waals surface area contributed by atoms with Crippen molar-refractivity contribution in [3.63, 3.8) is 0 Å². The molecule has 0 aliphatic carbocycles. The van der Waals surface area contributed by atoms with Crippen molar-refractivity contribution in [2.24, 2.45) is 5.73 Å². The van der Waals surface area contributed by atoms with Gasteiger partial charge in [-0.3, -0.25) is 4.90 Å². The molecule has 0 aromatic heterocycles. The fourth-order valence-electron chi connectivity index (χ4n) is 2.50. The minimum atomic E-state index is 0. The zero-order chi connectivity index (χ0) is 12.1. The van der Waals surface area contributed by atoms with Gasteiger partial charge in [0.2, 0.25) is 0 Å². The van der Waals surface area contributed by atoms with Gasteiger partial charge in [-0.2, -0.15) is 0 Å². The van der Waals surface area contributed by atoms with Crippen LogP contribution in [-0.2, 0) is 6.54 Å². The molecule has 2 rings (SSSR count). The minimum absolute atomic E-state index is 0. The molecule has 1 aliphatic heterocycles. The van der Waals surface area contributed by atoms with Crippen LogP contribution in [0.1, 0.15) is 24.8 Å². The summed E-state index contributed by atoms with van der Waals surface area (Å²) in [5, 5.41) is 0. The maximum absolute atomic E-state index is 5.85. The van der Waals surface area contributed by atoms with Gasteiger partial charge in [-0.05, 0) is 43.3 Å². The number of rotatable bonds is 4. The van der Waals surface area contributed by atoms with Gasteiger partial charge < -0.3 is 5.73 Å². The summed E-state index contributed by atoms with van der Waals surface area (Å²) in [6.07, 6.45) is 6.03. The van der Waals surface area contributed by atoms with Gasteiger partial charge in [-0.25, -0.2) is 0 Å². The lowest BCUT2D eigenvalue weighted by Gasteiger charge is -2.35. The van der Waals surface area contributed by atoms with Crippen LogP contribution in [0.15, 0.2) is 29.2 Å². The van der Waals surface area contributed by atoms with Crippen molar-refractivity contribution in [1.29, 1.82) is 0 Å². The molecule has 1 unspecified atom stereocenters. The van der Waals surface area contributed by atoms with Gasteiger partial charge in [0, 0.05) is 24.0 Å². The highest BCUT2D eigenvalue weighted by Crippen LogP contribution is 2.20. The first-order valence-corrected chi connectivity index (χ1v) is 7.63. The molecule has 0 bridgehead atoms. The van der Waals surface area contributed by atoms with E-state index < -0.39 is 0 Å². The first-order valence-electron chi connectivity index (χ1n) is 6.40. The number of nitrogens with two attached hydrogens (primary N) is 1. The molecule has 1 aromatic rings. The largest absolute Gasteiger partial charge is 0.329 e. The van der Waals surface area contributed by atoms with E-state index in [1.165, 1.54) is 36.3 Å². The fraction of sp³-hybridized carbons (Fsp3) is 0.571. The lowest BCUT2D eigenvalue weighted by atomic mass is 10.0. The van der Waals surface area contributed by atoms with Crippen molar-refractivity contribution in [2.75, 3.05) is 19.3 Å². The van der Waals surface area contributed by atoms with Gasteiger partial charge in [0.1, 0.15) is 0 Å². The van der Waals surface area contributed by atoms with E-state index in [4.69, 9.17) is 5.73 Å². The Balaban J connectivity index is 0.00000162. The molecule has 2 N–H and O–H groups in total. The first kappa shape index (κ1) is 15.8. The quantitative estimate of drug-likeness (QED) is 0.862. The number of benzene rings is 1. The van der Waals surface area contributed by atoms with E-state index in [1.807, 2.05) is 0 Å². The Bertz CT molecular complexity index is 342. The third kappa shape index (κ3) is 4.16. The van der Waals surface area contributed by atoms with Gasteiger partial charge in [0.25, 0.3) is 0 Å². The molecule has 2 nitrogen and oxygen atoms in total. The van der Waals surface area contributed by atoms with Crippen molar-refractivity contribution in [3.8, 4) is 0 Å². The highest BCUT2D eigenvalue weighted by molar-refractivity contribution is 7.98. The zero-order valence-corrected chi connectivity index (χ0v) is 12.6. The summed E-state index contributed by atoms with van der Waals surface area (Å²) < 4.78 is 0. The Hall–Kier alpha value is -0.220. The van der Waals surface area contributed by atoms with Crippen molar-refractivity contribution >= 4 is 24.2 Å². The second-order valence-corrected chi connectivity index (χ2v) is 5.58. The summed E-state index contributed by atoms with van der Waals surface area (Å²) in [4.78, 5) is 3.88. The highest BCUT2D eigenvalue weighted by atomic mass is 35.5. The lowest BCUT2D eigenvalue weighted by Crippen LogP contribution is -2.43. The number of halogens is 1. The molecule has 4 heteroatoms. The van der Waals surface area contributed by atoms with E-state index >= 15 is 0 Å². The van der Waals surface area contributed by atoms with Gasteiger partial charge >= 0.3 is 0 Å². The summed E-state index contributed by atoms with van der Waals surface area (Å²) in [5.41, 5.74) is 7.25. The molecule has 1 heterocycles. The molecule has 1 fully saturated rings. The summed E-state index contributed by atoms with van der Waals surface area (Å²) in [6.45, 7) is 3.05. The normalized spacial score (nSPS) is 20.4. The number of nitrogens with zero attached hydrogens (tertiary/aromatic N) is 1. The topological polar surface area (TPSA) is 29.3 Å². The van der Waals surface area contributed by atoms with E-state index in [-0.39, 0.29) is 12.4 Å². The molecule has 1 saturated heterocycles. The molecule has 1 atom stereocenters. The third-order valence-electron chi connectivity index (χ3n) is 3.57. The van der Waals surface area contributed by atoms with Gasteiger partial charge in [0.15, 0.2) is 0 Å². The van der Waals surface area contributed by atoms with Crippen molar-refractivity contribution in [1.82, 2.24) is 4.90 Å². The summed E-state index contributed by atoms with van der Waals surface area (Å²) in [5.74, 6) is 0. The summed E-state index contributed by atoms with van der Waals surface area (Å²) in [6, 6.07) is 9.49. The standard InChI is InChI=1S/C14H22N2S.ClH/c1-17-14-7-5-12(6-8-14)11-16-9-3-2-4-13(16)10-15;/h5-8,13H,2-4,9-11,15H2,1H3;1H. The molecule has 0 amide bonds. The van der Waals surface area contributed by atoms with E-state index in [0.29, 0.717) is 6.04 Å². The SMILES string of the molecule is CSc1ccc(CN2CCCCC2CN)cc1.Cl. The predicted octanol–water partition coefficient (Wildman–Crippen LogP) is 3.14. The van der Waals surface area contributed by atoms with E-state index in [2.05, 4.69) is 35.4 Å². The zero-order valence-electron chi connectivity index (χ0n) is 11.0. The molecule has 0 saturated carbocycles. The number of hydrogen-bond acceptors (Lipinski definition) is 3. The monoisotopic (exact) mass is 286 g/mol. The average molecular weight is 287 g/mol. The number of thioether (sulfide) groups is 1. The predicted molar refractivity (Wildman–Crippen MR) is 82.6 cm³/mol. The molecular formula is C14H23ClN2S. The Kier molecular flexibility index (Phi) is 7.08. The van der Waals surface area contributed by atoms with Gasteiger partial charge in [-0.15, -0.1) is 24.2 Å². The smallest absolute Gasteiger partial charge is 0.0237 e. The molecule has 0 spiro atoms. The van der Waals surface area contributed by atoms with Crippen LogP contribution in [-0.4, -0.2) is 30.3 Å². The van der Waals surface area contributed by atoms with Crippen LogP contribution in [0.3, 0.4) is 0 Å². The van der Waals surface area contributed by atoms with Crippen LogP contribution in [0.2, 0.25) is 0 Å². The number of piperidine rings is 1. The Labute approximate surface area is 121 Å². The highest BCUT2D eigenvalue weighted by Gasteiger charge is 2.20. The van der Waals surface area contributed by atoms with Crippen LogP contribution in [0, 0.1) is 0 Å². The number of hydrogen-bond donors (Lipinski definition) is 1. The molecule has 0 radical (unpaired) electrons. The average Bonchev–Trinajstić information content (AvgIpc) is 2.40. The Morgan fingerprint density at radius 2 is 2.00 bits per heavy atom. The van der Waals surface area contributed by atoms with E-state index in [1.54, 1.807) is 11.8 Å². The Morgan fingerprint density at radius 1 is 1.28 bits per heavy atom. The molecule has 102 valence electrons. The van der Waals surface area contributed by atoms with Crippen LogP contribution < -0.4 is 5.73 Å². The minimum Gasteiger partial charge on any atom is -0.329 e. The van der Waals surface area contributed by atoms with Crippen LogP contribution >= 0.6 is 24.2 Å². The lowest BCUT2D eigenvalue weighted by molar-refractivity contribution is 0.145. The van der Waals surface area contributed by atoms with Crippen molar-refractivity contribution < 1.29 is 0 Å². The van der Waals surface area contributed by atoms with Crippen LogP contribution in [0.5, 0.6) is 0 Å². The second kappa shape index (κ2) is 8.05. The van der Waals surface area contributed by atoms with Crippen LogP contribution in [0.4, 0.5) is 0 Å². The van der Waals surface area contributed by atoms with E-state index in [9.17, 15) is 0 Å². The van der Waals surface area contributed by atoms with Gasteiger partial charge in [0.05, 0.1) is 0 Å². The Morgan fingerprint density at radius 3 is 2.61 bits per heavy atom. The maximum Gasteiger partial charge on any atom is 0.0237 e. The van der Waals surface area contributed by atoms with Crippen molar-refractivity contribution in [3.05, 3.63) is 29.8 Å². The fourth-order valence-corrected chi connectivity index (χ4v) is 2.91. The number of likely N-dealkylation sites (tertiary alicyclic amines) is 1. The summed E-state index contributed by atoms with van der Waals surface area (Å²) >= 11 is 1.80. The van der Waals surface area contributed by atoms with Crippen LogP contribution in [0.25, 0.3) is 0 Å². The molecule has 1 aromatic carbocycles. The summed E-state index contributed by atoms with van der Waals surface area (Å²) in [7, 11) is 0. The molecule has 18 heavy (non-hydrogen) atoms. The third-order valence-corrected chi connectivity index (χ3v) is 4.31.